The van der Waals surface area contributed by atoms with E-state index in [2.05, 4.69) is 17.3 Å². The molecule has 19 heavy (non-hydrogen) atoms. The second kappa shape index (κ2) is 6.54. The topological polar surface area (TPSA) is 73.0 Å². The molecule has 0 aromatic carbocycles. The van der Waals surface area contributed by atoms with Crippen LogP contribution in [0.1, 0.15) is 58.6 Å². The fraction of sp³-hybridized carbons (Fsp3) is 0.769. The summed E-state index contributed by atoms with van der Waals surface area (Å²) in [7, 11) is 1.74. The highest BCUT2D eigenvalue weighted by atomic mass is 16.6. The lowest BCUT2D eigenvalue weighted by Crippen LogP contribution is -2.18. The van der Waals surface area contributed by atoms with Crippen molar-refractivity contribution in [1.82, 2.24) is 9.78 Å². The summed E-state index contributed by atoms with van der Waals surface area (Å²) in [6, 6.07) is 0.203. The maximum absolute atomic E-state index is 11.3. The predicted octanol–water partition coefficient (Wildman–Crippen LogP) is 3.44. The summed E-state index contributed by atoms with van der Waals surface area (Å²) < 4.78 is 1.58. The van der Waals surface area contributed by atoms with E-state index < -0.39 is 0 Å². The second-order valence-electron chi connectivity index (χ2n) is 5.31. The van der Waals surface area contributed by atoms with Gasteiger partial charge in [0.15, 0.2) is 0 Å². The first-order valence-corrected chi connectivity index (χ1v) is 6.86. The summed E-state index contributed by atoms with van der Waals surface area (Å²) in [4.78, 5) is 10.9. The Morgan fingerprint density at radius 3 is 2.53 bits per heavy atom. The number of aromatic nitrogens is 2. The van der Waals surface area contributed by atoms with Crippen molar-refractivity contribution in [3.63, 3.8) is 0 Å². The van der Waals surface area contributed by atoms with Crippen molar-refractivity contribution in [2.24, 2.45) is 7.05 Å². The zero-order valence-electron chi connectivity index (χ0n) is 12.4. The monoisotopic (exact) mass is 268 g/mol. The van der Waals surface area contributed by atoms with Gasteiger partial charge in [-0.25, -0.2) is 4.68 Å². The van der Waals surface area contributed by atoms with Crippen LogP contribution in [0.25, 0.3) is 0 Å². The fourth-order valence-corrected chi connectivity index (χ4v) is 2.08. The highest BCUT2D eigenvalue weighted by Crippen LogP contribution is 2.33. The standard InChI is InChI=1S/C13H24N4O2/c1-6-7-8-10(4)14-13-12(17(18)19)11(9(2)3)15-16(13)5/h9-10,14H,6-8H2,1-5H3. The van der Waals surface area contributed by atoms with Crippen molar-refractivity contribution in [2.75, 3.05) is 5.32 Å². The Kier molecular flexibility index (Phi) is 5.32. The average molecular weight is 268 g/mol. The smallest absolute Gasteiger partial charge is 0.334 e. The van der Waals surface area contributed by atoms with Crippen molar-refractivity contribution in [1.29, 1.82) is 0 Å². The van der Waals surface area contributed by atoms with Crippen LogP contribution in [0, 0.1) is 10.1 Å². The molecule has 0 fully saturated rings. The molecule has 0 amide bonds. The van der Waals surface area contributed by atoms with Gasteiger partial charge in [0.2, 0.25) is 5.82 Å². The number of unbranched alkanes of at least 4 members (excludes halogenated alkanes) is 1. The molecule has 1 aromatic rings. The van der Waals surface area contributed by atoms with Crippen LogP contribution >= 0.6 is 0 Å². The number of aryl methyl sites for hydroxylation is 1. The first kappa shape index (κ1) is 15.5. The predicted molar refractivity (Wildman–Crippen MR) is 76.6 cm³/mol. The molecule has 0 aliphatic heterocycles. The Balaban J connectivity index is 3.02. The number of hydrogen-bond donors (Lipinski definition) is 1. The lowest BCUT2D eigenvalue weighted by atomic mass is 10.1. The van der Waals surface area contributed by atoms with E-state index in [4.69, 9.17) is 0 Å². The van der Waals surface area contributed by atoms with E-state index >= 15 is 0 Å². The molecule has 1 atom stereocenters. The molecule has 0 aliphatic carbocycles. The molecule has 0 saturated carbocycles. The van der Waals surface area contributed by atoms with Crippen molar-refractivity contribution in [3.05, 3.63) is 15.8 Å². The molecule has 0 radical (unpaired) electrons. The van der Waals surface area contributed by atoms with Crippen LogP contribution in [0.3, 0.4) is 0 Å². The van der Waals surface area contributed by atoms with Gasteiger partial charge in [-0.05, 0) is 13.3 Å². The maximum Gasteiger partial charge on any atom is 0.334 e. The molecule has 0 saturated heterocycles. The van der Waals surface area contributed by atoms with Crippen LogP contribution < -0.4 is 5.32 Å². The van der Waals surface area contributed by atoms with Gasteiger partial charge in [-0.2, -0.15) is 5.10 Å². The molecular formula is C13H24N4O2. The van der Waals surface area contributed by atoms with E-state index in [0.717, 1.165) is 19.3 Å². The highest BCUT2D eigenvalue weighted by molar-refractivity contribution is 5.61. The van der Waals surface area contributed by atoms with Crippen LogP contribution in [0.15, 0.2) is 0 Å². The van der Waals surface area contributed by atoms with Crippen molar-refractivity contribution in [3.8, 4) is 0 Å². The molecule has 1 N–H and O–H groups in total. The van der Waals surface area contributed by atoms with E-state index in [-0.39, 0.29) is 22.6 Å². The molecule has 1 rings (SSSR count). The largest absolute Gasteiger partial charge is 0.362 e. The summed E-state index contributed by atoms with van der Waals surface area (Å²) in [6.07, 6.45) is 3.23. The minimum atomic E-state index is -0.336. The Morgan fingerprint density at radius 2 is 2.05 bits per heavy atom. The third-order valence-corrected chi connectivity index (χ3v) is 3.15. The normalized spacial score (nSPS) is 12.7. The zero-order valence-corrected chi connectivity index (χ0v) is 12.4. The highest BCUT2D eigenvalue weighted by Gasteiger charge is 2.28. The molecule has 0 bridgehead atoms. The number of rotatable bonds is 7. The third kappa shape index (κ3) is 3.68. The van der Waals surface area contributed by atoms with Crippen LogP contribution in [0.4, 0.5) is 11.5 Å². The van der Waals surface area contributed by atoms with Crippen LogP contribution in [-0.4, -0.2) is 20.7 Å². The van der Waals surface area contributed by atoms with Gasteiger partial charge in [0.25, 0.3) is 0 Å². The van der Waals surface area contributed by atoms with Gasteiger partial charge >= 0.3 is 5.69 Å². The molecule has 0 aliphatic rings. The lowest BCUT2D eigenvalue weighted by Gasteiger charge is -2.14. The van der Waals surface area contributed by atoms with Gasteiger partial charge < -0.3 is 5.32 Å². The number of nitrogens with one attached hydrogen (secondary N) is 1. The van der Waals surface area contributed by atoms with Crippen LogP contribution in [-0.2, 0) is 7.05 Å². The zero-order chi connectivity index (χ0) is 14.6. The van der Waals surface area contributed by atoms with E-state index in [9.17, 15) is 10.1 Å². The van der Waals surface area contributed by atoms with Gasteiger partial charge in [-0.1, -0.05) is 33.6 Å². The summed E-state index contributed by atoms with van der Waals surface area (Å²) in [5, 5.41) is 18.8. The summed E-state index contributed by atoms with van der Waals surface area (Å²) >= 11 is 0. The quantitative estimate of drug-likeness (QED) is 0.607. The van der Waals surface area contributed by atoms with Crippen molar-refractivity contribution < 1.29 is 4.92 Å². The minimum absolute atomic E-state index is 0.0353. The van der Waals surface area contributed by atoms with E-state index in [1.807, 2.05) is 20.8 Å². The summed E-state index contributed by atoms with van der Waals surface area (Å²) in [6.45, 7) is 8.01. The average Bonchev–Trinajstić information content (AvgIpc) is 2.64. The third-order valence-electron chi connectivity index (χ3n) is 3.15. The number of nitrogens with zero attached hydrogens (tertiary/aromatic N) is 3. The lowest BCUT2D eigenvalue weighted by molar-refractivity contribution is -0.384. The van der Waals surface area contributed by atoms with Crippen molar-refractivity contribution >= 4 is 11.5 Å². The number of anilines is 1. The maximum atomic E-state index is 11.3. The van der Waals surface area contributed by atoms with Gasteiger partial charge in [0.05, 0.1) is 4.92 Å². The van der Waals surface area contributed by atoms with E-state index in [1.54, 1.807) is 11.7 Å². The molecule has 1 aromatic heterocycles. The number of hydrogen-bond acceptors (Lipinski definition) is 4. The molecule has 6 nitrogen and oxygen atoms in total. The Hall–Kier alpha value is -1.59. The van der Waals surface area contributed by atoms with Crippen LogP contribution in [0.2, 0.25) is 0 Å². The molecular weight excluding hydrogens is 244 g/mol. The van der Waals surface area contributed by atoms with Gasteiger partial charge in [-0.15, -0.1) is 0 Å². The summed E-state index contributed by atoms with van der Waals surface area (Å²) in [5.41, 5.74) is 0.651. The van der Waals surface area contributed by atoms with Crippen molar-refractivity contribution in [2.45, 2.75) is 58.9 Å². The van der Waals surface area contributed by atoms with Gasteiger partial charge in [0.1, 0.15) is 5.69 Å². The SMILES string of the molecule is CCCCC(C)Nc1c([N+](=O)[O-])c(C(C)C)nn1C. The molecule has 1 unspecified atom stereocenters. The first-order valence-electron chi connectivity index (χ1n) is 6.86. The summed E-state index contributed by atoms with van der Waals surface area (Å²) in [5.74, 6) is 0.547. The Bertz CT molecular complexity index is 440. The van der Waals surface area contributed by atoms with E-state index in [1.165, 1.54) is 0 Å². The molecule has 0 spiro atoms. The van der Waals surface area contributed by atoms with E-state index in [0.29, 0.717) is 11.5 Å². The second-order valence-corrected chi connectivity index (χ2v) is 5.31. The first-order chi connectivity index (χ1) is 8.88. The molecule has 6 heteroatoms. The fourth-order valence-electron chi connectivity index (χ4n) is 2.08. The Morgan fingerprint density at radius 1 is 1.42 bits per heavy atom. The van der Waals surface area contributed by atoms with Gasteiger partial charge in [-0.3, -0.25) is 10.1 Å². The minimum Gasteiger partial charge on any atom is -0.362 e. The molecule has 1 heterocycles. The van der Waals surface area contributed by atoms with Gasteiger partial charge in [0, 0.05) is 19.0 Å². The number of nitro groups is 1. The Labute approximate surface area is 114 Å². The molecule has 108 valence electrons. The van der Waals surface area contributed by atoms with Crippen LogP contribution in [0.5, 0.6) is 0 Å².